The molecular weight excluding hydrogens is 230 g/mol. The van der Waals surface area contributed by atoms with Gasteiger partial charge in [-0.05, 0) is 24.5 Å². The molecule has 1 atom stereocenters. The average Bonchev–Trinajstić information content (AvgIpc) is 2.31. The zero-order valence-corrected chi connectivity index (χ0v) is 10.8. The Kier molecular flexibility index (Phi) is 5.36. The third kappa shape index (κ3) is 4.57. The van der Waals surface area contributed by atoms with Gasteiger partial charge >= 0.3 is 5.97 Å². The number of hydrogen-bond acceptors (Lipinski definition) is 2. The molecule has 0 heterocycles. The Morgan fingerprint density at radius 1 is 1.33 bits per heavy atom. The van der Waals surface area contributed by atoms with E-state index in [2.05, 4.69) is 5.32 Å². The minimum atomic E-state index is -0.941. The van der Waals surface area contributed by atoms with Gasteiger partial charge in [0.15, 0.2) is 0 Å². The summed E-state index contributed by atoms with van der Waals surface area (Å²) in [6.07, 6.45) is 0.795. The number of carbonyl (C=O) groups is 2. The van der Waals surface area contributed by atoms with Gasteiger partial charge in [-0.15, -0.1) is 0 Å². The fourth-order valence-electron chi connectivity index (χ4n) is 1.66. The molecule has 98 valence electrons. The first-order chi connectivity index (χ1) is 8.50. The Morgan fingerprint density at radius 2 is 2.00 bits per heavy atom. The van der Waals surface area contributed by atoms with Gasteiger partial charge in [0.1, 0.15) is 0 Å². The summed E-state index contributed by atoms with van der Waals surface area (Å²) in [7, 11) is 0. The van der Waals surface area contributed by atoms with Crippen molar-refractivity contribution in [3.8, 4) is 0 Å². The molecule has 1 amide bonds. The summed E-state index contributed by atoms with van der Waals surface area (Å²) < 4.78 is 0. The number of carboxylic acid groups (broad SMARTS) is 1. The van der Waals surface area contributed by atoms with Crippen molar-refractivity contribution in [2.45, 2.75) is 26.7 Å². The van der Waals surface area contributed by atoms with Crippen LogP contribution in [0.15, 0.2) is 24.3 Å². The van der Waals surface area contributed by atoms with E-state index >= 15 is 0 Å². The lowest BCUT2D eigenvalue weighted by atomic mass is 10.1. The summed E-state index contributed by atoms with van der Waals surface area (Å²) in [6.45, 7) is 4.10. The van der Waals surface area contributed by atoms with Gasteiger partial charge in [-0.3, -0.25) is 9.59 Å². The maximum Gasteiger partial charge on any atom is 0.306 e. The van der Waals surface area contributed by atoms with Crippen LogP contribution < -0.4 is 5.32 Å². The highest BCUT2D eigenvalue weighted by Gasteiger charge is 2.15. The summed E-state index contributed by atoms with van der Waals surface area (Å²) in [5, 5.41) is 11.4. The highest BCUT2D eigenvalue weighted by atomic mass is 16.4. The van der Waals surface area contributed by atoms with Crippen molar-refractivity contribution in [2.75, 3.05) is 6.54 Å². The van der Waals surface area contributed by atoms with E-state index in [1.165, 1.54) is 18.1 Å². The van der Waals surface area contributed by atoms with Gasteiger partial charge in [-0.2, -0.15) is 0 Å². The highest BCUT2D eigenvalue weighted by molar-refractivity contribution is 5.81. The largest absolute Gasteiger partial charge is 0.481 e. The van der Waals surface area contributed by atoms with Crippen molar-refractivity contribution in [3.05, 3.63) is 35.4 Å². The van der Waals surface area contributed by atoms with Crippen LogP contribution in [0, 0.1) is 12.8 Å². The number of aliphatic carboxylic acids is 1. The molecule has 0 spiro atoms. The number of benzene rings is 1. The summed E-state index contributed by atoms with van der Waals surface area (Å²) in [5.74, 6) is -1.79. The monoisotopic (exact) mass is 249 g/mol. The second-order valence-corrected chi connectivity index (χ2v) is 4.47. The molecule has 1 aromatic carbocycles. The third-order valence-electron chi connectivity index (χ3n) is 2.89. The predicted octanol–water partition coefficient (Wildman–Crippen LogP) is 1.76. The Hall–Kier alpha value is -1.84. The van der Waals surface area contributed by atoms with Crippen LogP contribution in [0.3, 0.4) is 0 Å². The van der Waals surface area contributed by atoms with Gasteiger partial charge < -0.3 is 10.4 Å². The molecule has 0 radical (unpaired) electrons. The Balaban J connectivity index is 2.32. The Morgan fingerprint density at radius 3 is 2.61 bits per heavy atom. The van der Waals surface area contributed by atoms with Crippen LogP contribution in [-0.2, 0) is 16.0 Å². The number of nitrogens with one attached hydrogen (secondary N) is 1. The normalized spacial score (nSPS) is 11.9. The maximum atomic E-state index is 11.5. The van der Waals surface area contributed by atoms with E-state index in [1.807, 2.05) is 31.2 Å². The van der Waals surface area contributed by atoms with Gasteiger partial charge in [0.2, 0.25) is 5.91 Å². The van der Waals surface area contributed by atoms with Crippen molar-refractivity contribution >= 4 is 11.9 Å². The standard InChI is InChI=1S/C14H19NO3/c1-10-5-3-4-6-12(10)7-8-15-13(16)9-11(2)14(17)18/h3-6,11H,7-9H2,1-2H3,(H,15,16)(H,17,18). The minimum Gasteiger partial charge on any atom is -0.481 e. The first-order valence-electron chi connectivity index (χ1n) is 6.04. The van der Waals surface area contributed by atoms with Crippen LogP contribution in [0.5, 0.6) is 0 Å². The number of carbonyl (C=O) groups excluding carboxylic acids is 1. The van der Waals surface area contributed by atoms with E-state index in [0.717, 1.165) is 6.42 Å². The molecule has 0 fully saturated rings. The quantitative estimate of drug-likeness (QED) is 0.807. The summed E-state index contributed by atoms with van der Waals surface area (Å²) >= 11 is 0. The van der Waals surface area contributed by atoms with E-state index < -0.39 is 11.9 Å². The summed E-state index contributed by atoms with van der Waals surface area (Å²) in [4.78, 5) is 22.1. The zero-order chi connectivity index (χ0) is 13.5. The number of hydrogen-bond donors (Lipinski definition) is 2. The van der Waals surface area contributed by atoms with E-state index in [1.54, 1.807) is 0 Å². The van der Waals surface area contributed by atoms with Crippen LogP contribution in [0.1, 0.15) is 24.5 Å². The molecule has 4 heteroatoms. The number of aryl methyl sites for hydroxylation is 1. The molecule has 1 aromatic rings. The van der Waals surface area contributed by atoms with Crippen molar-refractivity contribution < 1.29 is 14.7 Å². The molecule has 4 nitrogen and oxygen atoms in total. The lowest BCUT2D eigenvalue weighted by Crippen LogP contribution is -2.29. The summed E-state index contributed by atoms with van der Waals surface area (Å²) in [6, 6.07) is 8.01. The van der Waals surface area contributed by atoms with Crippen LogP contribution in [0.2, 0.25) is 0 Å². The van der Waals surface area contributed by atoms with E-state index in [-0.39, 0.29) is 12.3 Å². The van der Waals surface area contributed by atoms with Crippen LogP contribution in [-0.4, -0.2) is 23.5 Å². The van der Waals surface area contributed by atoms with Gasteiger partial charge in [-0.25, -0.2) is 0 Å². The fourth-order valence-corrected chi connectivity index (χ4v) is 1.66. The number of carboxylic acids is 1. The molecule has 18 heavy (non-hydrogen) atoms. The van der Waals surface area contributed by atoms with Gasteiger partial charge in [0, 0.05) is 13.0 Å². The Bertz CT molecular complexity index is 429. The predicted molar refractivity (Wildman–Crippen MR) is 69.3 cm³/mol. The summed E-state index contributed by atoms with van der Waals surface area (Å²) in [5.41, 5.74) is 2.40. The van der Waals surface area contributed by atoms with Crippen molar-refractivity contribution in [2.24, 2.45) is 5.92 Å². The second-order valence-electron chi connectivity index (χ2n) is 4.47. The van der Waals surface area contributed by atoms with E-state index in [0.29, 0.717) is 6.54 Å². The van der Waals surface area contributed by atoms with Gasteiger partial charge in [-0.1, -0.05) is 31.2 Å². The molecule has 0 saturated carbocycles. The molecule has 1 unspecified atom stereocenters. The first-order valence-corrected chi connectivity index (χ1v) is 6.04. The molecular formula is C14H19NO3. The molecule has 0 aromatic heterocycles. The lowest BCUT2D eigenvalue weighted by Gasteiger charge is -2.09. The molecule has 0 aliphatic heterocycles. The highest BCUT2D eigenvalue weighted by Crippen LogP contribution is 2.07. The lowest BCUT2D eigenvalue weighted by molar-refractivity contribution is -0.143. The molecule has 0 aliphatic rings. The topological polar surface area (TPSA) is 66.4 Å². The van der Waals surface area contributed by atoms with E-state index in [4.69, 9.17) is 5.11 Å². The molecule has 2 N–H and O–H groups in total. The molecule has 0 bridgehead atoms. The van der Waals surface area contributed by atoms with Crippen LogP contribution in [0.25, 0.3) is 0 Å². The maximum absolute atomic E-state index is 11.5. The van der Waals surface area contributed by atoms with Crippen LogP contribution >= 0.6 is 0 Å². The van der Waals surface area contributed by atoms with Crippen molar-refractivity contribution in [1.29, 1.82) is 0 Å². The molecule has 1 rings (SSSR count). The van der Waals surface area contributed by atoms with Gasteiger partial charge in [0.05, 0.1) is 5.92 Å². The van der Waals surface area contributed by atoms with Crippen molar-refractivity contribution in [3.63, 3.8) is 0 Å². The van der Waals surface area contributed by atoms with Gasteiger partial charge in [0.25, 0.3) is 0 Å². The molecule has 0 saturated heterocycles. The number of amides is 1. The first kappa shape index (κ1) is 14.2. The molecule has 0 aliphatic carbocycles. The third-order valence-corrected chi connectivity index (χ3v) is 2.89. The van der Waals surface area contributed by atoms with E-state index in [9.17, 15) is 9.59 Å². The smallest absolute Gasteiger partial charge is 0.306 e. The number of rotatable bonds is 6. The second kappa shape index (κ2) is 6.79. The zero-order valence-electron chi connectivity index (χ0n) is 10.8. The fraction of sp³-hybridized carbons (Fsp3) is 0.429. The minimum absolute atomic E-state index is 0.0309. The SMILES string of the molecule is Cc1ccccc1CCNC(=O)CC(C)C(=O)O. The average molecular weight is 249 g/mol. The Labute approximate surface area is 107 Å². The van der Waals surface area contributed by atoms with Crippen molar-refractivity contribution in [1.82, 2.24) is 5.32 Å². The van der Waals surface area contributed by atoms with Crippen LogP contribution in [0.4, 0.5) is 0 Å².